The smallest absolute Gasteiger partial charge is 0.0619 e. The van der Waals surface area contributed by atoms with Crippen LogP contribution in [0.3, 0.4) is 0 Å². The van der Waals surface area contributed by atoms with E-state index in [9.17, 15) is 0 Å². The van der Waals surface area contributed by atoms with Gasteiger partial charge in [-0.3, -0.25) is 4.90 Å². The average Bonchev–Trinajstić information content (AvgIpc) is 2.30. The first-order valence-corrected chi connectivity index (χ1v) is 7.00. The number of unbranched alkanes of at least 4 members (excludes halogenated alkanes) is 5. The average molecular weight is 229 g/mol. The van der Waals surface area contributed by atoms with Gasteiger partial charge in [0.25, 0.3) is 0 Å². The van der Waals surface area contributed by atoms with Gasteiger partial charge >= 0.3 is 0 Å². The normalized spacial score (nSPS) is 21.4. The third kappa shape index (κ3) is 9.17. The Hall–Kier alpha value is -0.0800. The molecule has 0 aromatic rings. The van der Waals surface area contributed by atoms with Gasteiger partial charge in [-0.25, -0.2) is 0 Å². The van der Waals surface area contributed by atoms with E-state index in [0.717, 1.165) is 19.8 Å². The highest BCUT2D eigenvalue weighted by Crippen LogP contribution is 2.03. The standard InChI is InChI=1S/C8H18.C6H13NO/c1-3-5-7-8-6-4-2;1-6-5-8-4-3-7(6)2/h3-8H2,1-2H3;6H,3-5H2,1-2H3/t;6-/m.1/s1. The monoisotopic (exact) mass is 229 g/mol. The first-order chi connectivity index (χ1) is 7.72. The van der Waals surface area contributed by atoms with Gasteiger partial charge < -0.3 is 4.74 Å². The zero-order chi connectivity index (χ0) is 12.2. The topological polar surface area (TPSA) is 12.5 Å². The number of likely N-dealkylation sites (N-methyl/N-ethyl adjacent to an activating group) is 1. The van der Waals surface area contributed by atoms with Crippen LogP contribution in [0.4, 0.5) is 0 Å². The van der Waals surface area contributed by atoms with Crippen molar-refractivity contribution in [1.82, 2.24) is 4.90 Å². The lowest BCUT2D eigenvalue weighted by molar-refractivity contribution is 0.0131. The lowest BCUT2D eigenvalue weighted by Gasteiger charge is -2.29. The number of hydrogen-bond donors (Lipinski definition) is 0. The summed E-state index contributed by atoms with van der Waals surface area (Å²) < 4.78 is 5.21. The second-order valence-corrected chi connectivity index (χ2v) is 4.82. The summed E-state index contributed by atoms with van der Waals surface area (Å²) in [7, 11) is 2.13. The molecule has 1 rings (SSSR count). The van der Waals surface area contributed by atoms with Crippen LogP contribution in [0.5, 0.6) is 0 Å². The fourth-order valence-electron chi connectivity index (χ4n) is 1.66. The van der Waals surface area contributed by atoms with Crippen molar-refractivity contribution in [2.45, 2.75) is 65.3 Å². The predicted molar refractivity (Wildman–Crippen MR) is 72.0 cm³/mol. The van der Waals surface area contributed by atoms with Crippen LogP contribution in [0.15, 0.2) is 0 Å². The van der Waals surface area contributed by atoms with Crippen molar-refractivity contribution in [2.75, 3.05) is 26.8 Å². The van der Waals surface area contributed by atoms with Crippen LogP contribution in [0.25, 0.3) is 0 Å². The number of ether oxygens (including phenoxy) is 1. The highest BCUT2D eigenvalue weighted by molar-refractivity contribution is 4.65. The van der Waals surface area contributed by atoms with E-state index in [1.807, 2.05) is 0 Å². The maximum Gasteiger partial charge on any atom is 0.0619 e. The second-order valence-electron chi connectivity index (χ2n) is 4.82. The van der Waals surface area contributed by atoms with E-state index >= 15 is 0 Å². The fourth-order valence-corrected chi connectivity index (χ4v) is 1.66. The zero-order valence-corrected chi connectivity index (χ0v) is 11.8. The van der Waals surface area contributed by atoms with Crippen LogP contribution in [0.2, 0.25) is 0 Å². The minimum Gasteiger partial charge on any atom is -0.379 e. The lowest BCUT2D eigenvalue weighted by Crippen LogP contribution is -2.40. The van der Waals surface area contributed by atoms with Gasteiger partial charge in [0.15, 0.2) is 0 Å². The predicted octanol–water partition coefficient (Wildman–Crippen LogP) is 3.70. The van der Waals surface area contributed by atoms with Gasteiger partial charge in [0.2, 0.25) is 0 Å². The van der Waals surface area contributed by atoms with Crippen molar-refractivity contribution >= 4 is 0 Å². The van der Waals surface area contributed by atoms with Crippen LogP contribution in [0.1, 0.15) is 59.3 Å². The molecule has 0 bridgehead atoms. The summed E-state index contributed by atoms with van der Waals surface area (Å²) in [6, 6.07) is 0.615. The molecule has 0 unspecified atom stereocenters. The van der Waals surface area contributed by atoms with E-state index < -0.39 is 0 Å². The molecule has 0 saturated carbocycles. The Labute approximate surface area is 102 Å². The van der Waals surface area contributed by atoms with Crippen molar-refractivity contribution in [1.29, 1.82) is 0 Å². The van der Waals surface area contributed by atoms with Gasteiger partial charge in [0.05, 0.1) is 13.2 Å². The fraction of sp³-hybridized carbons (Fsp3) is 1.00. The summed E-state index contributed by atoms with van der Waals surface area (Å²) in [4.78, 5) is 2.31. The van der Waals surface area contributed by atoms with Gasteiger partial charge in [-0.15, -0.1) is 0 Å². The Balaban J connectivity index is 0.000000281. The quantitative estimate of drug-likeness (QED) is 0.666. The molecule has 2 nitrogen and oxygen atoms in total. The molecule has 16 heavy (non-hydrogen) atoms. The molecular formula is C14H31NO. The molecule has 1 aliphatic rings. The van der Waals surface area contributed by atoms with Crippen LogP contribution in [-0.4, -0.2) is 37.7 Å². The molecule has 1 fully saturated rings. The first-order valence-electron chi connectivity index (χ1n) is 7.00. The van der Waals surface area contributed by atoms with Crippen LogP contribution in [-0.2, 0) is 4.74 Å². The van der Waals surface area contributed by atoms with Crippen molar-refractivity contribution in [3.63, 3.8) is 0 Å². The van der Waals surface area contributed by atoms with Crippen molar-refractivity contribution in [3.8, 4) is 0 Å². The summed E-state index contributed by atoms with van der Waals surface area (Å²) in [5.74, 6) is 0. The second kappa shape index (κ2) is 11.4. The number of nitrogens with zero attached hydrogens (tertiary/aromatic N) is 1. The van der Waals surface area contributed by atoms with E-state index in [4.69, 9.17) is 4.74 Å². The molecule has 1 aliphatic heterocycles. The Morgan fingerprint density at radius 2 is 1.62 bits per heavy atom. The molecule has 0 aliphatic carbocycles. The molecule has 0 aromatic carbocycles. The van der Waals surface area contributed by atoms with Crippen LogP contribution >= 0.6 is 0 Å². The highest BCUT2D eigenvalue weighted by Gasteiger charge is 2.12. The maximum absolute atomic E-state index is 5.21. The first kappa shape index (κ1) is 15.9. The molecule has 0 radical (unpaired) electrons. The van der Waals surface area contributed by atoms with E-state index in [1.54, 1.807) is 0 Å². The van der Waals surface area contributed by atoms with Crippen LogP contribution in [0, 0.1) is 0 Å². The number of morpholine rings is 1. The molecule has 0 amide bonds. The molecule has 0 spiro atoms. The molecule has 0 N–H and O–H groups in total. The molecule has 1 saturated heterocycles. The third-order valence-corrected chi connectivity index (χ3v) is 3.16. The molecular weight excluding hydrogens is 198 g/mol. The molecule has 2 heteroatoms. The largest absolute Gasteiger partial charge is 0.379 e. The molecule has 98 valence electrons. The zero-order valence-electron chi connectivity index (χ0n) is 11.8. The van der Waals surface area contributed by atoms with E-state index in [1.165, 1.54) is 38.5 Å². The van der Waals surface area contributed by atoms with E-state index in [2.05, 4.69) is 32.7 Å². The third-order valence-electron chi connectivity index (χ3n) is 3.16. The van der Waals surface area contributed by atoms with Gasteiger partial charge in [0, 0.05) is 12.6 Å². The van der Waals surface area contributed by atoms with Crippen LogP contribution < -0.4 is 0 Å². The number of hydrogen-bond acceptors (Lipinski definition) is 2. The molecule has 1 heterocycles. The minimum absolute atomic E-state index is 0.615. The molecule has 0 aromatic heterocycles. The van der Waals surface area contributed by atoms with Crippen molar-refractivity contribution in [3.05, 3.63) is 0 Å². The summed E-state index contributed by atoms with van der Waals surface area (Å²) in [5.41, 5.74) is 0. The van der Waals surface area contributed by atoms with Crippen molar-refractivity contribution < 1.29 is 4.74 Å². The Bertz CT molecular complexity index is 123. The number of rotatable bonds is 5. The van der Waals surface area contributed by atoms with E-state index in [0.29, 0.717) is 6.04 Å². The Morgan fingerprint density at radius 1 is 1.06 bits per heavy atom. The maximum atomic E-state index is 5.21. The van der Waals surface area contributed by atoms with Gasteiger partial charge in [-0.05, 0) is 14.0 Å². The summed E-state index contributed by atoms with van der Waals surface area (Å²) in [6.07, 6.45) is 8.49. The Kier molecular flexibility index (Phi) is 11.3. The minimum atomic E-state index is 0.615. The summed E-state index contributed by atoms with van der Waals surface area (Å²) in [5, 5.41) is 0. The van der Waals surface area contributed by atoms with Gasteiger partial charge in [-0.1, -0.05) is 52.4 Å². The lowest BCUT2D eigenvalue weighted by atomic mass is 10.1. The van der Waals surface area contributed by atoms with Gasteiger partial charge in [0.1, 0.15) is 0 Å². The summed E-state index contributed by atoms with van der Waals surface area (Å²) in [6.45, 7) is 9.58. The molecule has 1 atom stereocenters. The summed E-state index contributed by atoms with van der Waals surface area (Å²) >= 11 is 0. The Morgan fingerprint density at radius 3 is 1.94 bits per heavy atom. The van der Waals surface area contributed by atoms with E-state index in [-0.39, 0.29) is 0 Å². The highest BCUT2D eigenvalue weighted by atomic mass is 16.5. The SMILES string of the molecule is CCCCCCCC.C[C@@H]1COCCN1C. The van der Waals surface area contributed by atoms with Crippen molar-refractivity contribution in [2.24, 2.45) is 0 Å². The van der Waals surface area contributed by atoms with Gasteiger partial charge in [-0.2, -0.15) is 0 Å².